The van der Waals surface area contributed by atoms with E-state index in [4.69, 9.17) is 4.74 Å². The summed E-state index contributed by atoms with van der Waals surface area (Å²) in [4.78, 5) is 26.8. The number of amides is 2. The van der Waals surface area contributed by atoms with Crippen LogP contribution in [-0.4, -0.2) is 67.2 Å². The molecule has 8 nitrogen and oxygen atoms in total. The molecule has 2 aromatic rings. The van der Waals surface area contributed by atoms with Crippen LogP contribution in [0.25, 0.3) is 0 Å². The van der Waals surface area contributed by atoms with Crippen LogP contribution in [0.1, 0.15) is 49.7 Å². The third kappa shape index (κ3) is 8.12. The zero-order chi connectivity index (χ0) is 27.6. The first kappa shape index (κ1) is 28.8. The summed E-state index contributed by atoms with van der Waals surface area (Å²) in [6.45, 7) is 2.98. The highest BCUT2D eigenvalue weighted by Gasteiger charge is 2.25. The second-order valence-electron chi connectivity index (χ2n) is 10.2. The van der Waals surface area contributed by atoms with Gasteiger partial charge in [-0.3, -0.25) is 9.59 Å². The number of carbonyl (C=O) groups excluding carboxylic acids is 2. The molecule has 2 aliphatic rings. The number of ether oxygens (including phenoxy) is 1. The van der Waals surface area contributed by atoms with Crippen LogP contribution in [0, 0.1) is 11.6 Å². The molecule has 1 saturated carbocycles. The first-order valence-corrected chi connectivity index (χ1v) is 13.8. The number of halogens is 2. The van der Waals surface area contributed by atoms with Crippen molar-refractivity contribution in [1.82, 2.24) is 15.5 Å². The molecular formula is C29H38F2N4O4. The first-order valence-electron chi connectivity index (χ1n) is 13.8. The Balaban J connectivity index is 1.21. The highest BCUT2D eigenvalue weighted by molar-refractivity contribution is 5.97. The maximum Gasteiger partial charge on any atom is 0.262 e. The van der Waals surface area contributed by atoms with Crippen LogP contribution in [0.2, 0.25) is 0 Å². The molecule has 2 amide bonds. The third-order valence-corrected chi connectivity index (χ3v) is 7.36. The van der Waals surface area contributed by atoms with E-state index in [0.717, 1.165) is 37.3 Å². The smallest absolute Gasteiger partial charge is 0.262 e. The van der Waals surface area contributed by atoms with Gasteiger partial charge in [0.05, 0.1) is 0 Å². The van der Waals surface area contributed by atoms with Gasteiger partial charge in [0.25, 0.3) is 5.91 Å². The number of aromatic hydroxyl groups is 1. The van der Waals surface area contributed by atoms with Gasteiger partial charge in [-0.05, 0) is 68.1 Å². The minimum absolute atomic E-state index is 0.0183. The van der Waals surface area contributed by atoms with Gasteiger partial charge in [0.2, 0.25) is 5.91 Å². The van der Waals surface area contributed by atoms with Gasteiger partial charge in [-0.25, -0.2) is 8.78 Å². The Hall–Kier alpha value is -3.24. The summed E-state index contributed by atoms with van der Waals surface area (Å²) in [7, 11) is 0. The van der Waals surface area contributed by atoms with Crippen molar-refractivity contribution in [3.8, 4) is 11.5 Å². The van der Waals surface area contributed by atoms with Crippen molar-refractivity contribution in [3.63, 3.8) is 0 Å². The number of phenols is 1. The quantitative estimate of drug-likeness (QED) is 0.227. The Morgan fingerprint density at radius 3 is 2.56 bits per heavy atom. The van der Waals surface area contributed by atoms with Gasteiger partial charge in [0.15, 0.2) is 24.0 Å². The van der Waals surface area contributed by atoms with Crippen LogP contribution < -0.4 is 20.7 Å². The number of rotatable bonds is 13. The molecule has 1 fully saturated rings. The molecule has 0 radical (unpaired) electrons. The van der Waals surface area contributed by atoms with Crippen LogP contribution in [0.3, 0.4) is 0 Å². The largest absolute Gasteiger partial charge is 0.506 e. The Kier molecular flexibility index (Phi) is 10.5. The topological polar surface area (TPSA) is 103 Å². The zero-order valence-corrected chi connectivity index (χ0v) is 22.2. The summed E-state index contributed by atoms with van der Waals surface area (Å²) in [5.74, 6) is -1.37. The number of carbonyl (C=O) groups is 2. The van der Waals surface area contributed by atoms with Crippen LogP contribution in [0.15, 0.2) is 30.3 Å². The Morgan fingerprint density at radius 2 is 1.77 bits per heavy atom. The van der Waals surface area contributed by atoms with Crippen molar-refractivity contribution in [2.45, 2.75) is 57.4 Å². The van der Waals surface area contributed by atoms with Crippen molar-refractivity contribution in [2.75, 3.05) is 44.6 Å². The lowest BCUT2D eigenvalue weighted by molar-refractivity contribution is -0.134. The highest BCUT2D eigenvalue weighted by atomic mass is 19.2. The van der Waals surface area contributed by atoms with E-state index in [1.54, 1.807) is 18.2 Å². The van der Waals surface area contributed by atoms with Gasteiger partial charge in [-0.15, -0.1) is 0 Å². The van der Waals surface area contributed by atoms with E-state index in [1.807, 2.05) is 4.90 Å². The molecule has 4 rings (SSSR count). The van der Waals surface area contributed by atoms with Gasteiger partial charge in [-0.1, -0.05) is 31.4 Å². The lowest BCUT2D eigenvalue weighted by atomic mass is 9.94. The fraction of sp³-hybridized carbons (Fsp3) is 0.517. The van der Waals surface area contributed by atoms with Gasteiger partial charge in [0.1, 0.15) is 11.4 Å². The van der Waals surface area contributed by atoms with E-state index in [0.29, 0.717) is 69.0 Å². The molecule has 10 heteroatoms. The van der Waals surface area contributed by atoms with E-state index in [2.05, 4.69) is 16.0 Å². The van der Waals surface area contributed by atoms with E-state index < -0.39 is 11.6 Å². The average Bonchev–Trinajstić information content (AvgIpc) is 2.94. The molecule has 39 heavy (non-hydrogen) atoms. The summed E-state index contributed by atoms with van der Waals surface area (Å²) in [5.41, 5.74) is 1.92. The van der Waals surface area contributed by atoms with Gasteiger partial charge >= 0.3 is 0 Å². The molecule has 0 aromatic heterocycles. The maximum absolute atomic E-state index is 13.4. The van der Waals surface area contributed by atoms with Gasteiger partial charge in [0, 0.05) is 32.1 Å². The Morgan fingerprint density at radius 1 is 1.00 bits per heavy atom. The molecule has 0 atom stereocenters. The third-order valence-electron chi connectivity index (χ3n) is 7.36. The lowest BCUT2D eigenvalue weighted by Crippen LogP contribution is -2.45. The SMILES string of the molecule is O=C1COc2c(CCNCCN(C(=O)CCNCCc3ccc(F)c(F)c3)C3CCCCC3)ccc(O)c2N1. The summed E-state index contributed by atoms with van der Waals surface area (Å²) in [6, 6.07) is 7.53. The molecule has 1 aliphatic heterocycles. The number of hydrogen-bond donors (Lipinski definition) is 4. The van der Waals surface area contributed by atoms with E-state index in [-0.39, 0.29) is 30.2 Å². The normalized spacial score (nSPS) is 15.4. The van der Waals surface area contributed by atoms with Crippen molar-refractivity contribution in [3.05, 3.63) is 53.1 Å². The van der Waals surface area contributed by atoms with Crippen molar-refractivity contribution in [1.29, 1.82) is 0 Å². The summed E-state index contributed by atoms with van der Waals surface area (Å²) >= 11 is 0. The zero-order valence-electron chi connectivity index (χ0n) is 22.2. The van der Waals surface area contributed by atoms with Crippen LogP contribution in [0.5, 0.6) is 11.5 Å². The van der Waals surface area contributed by atoms with Gasteiger partial charge < -0.3 is 30.7 Å². The van der Waals surface area contributed by atoms with Crippen molar-refractivity contribution >= 4 is 17.5 Å². The number of nitrogens with one attached hydrogen (secondary N) is 3. The highest BCUT2D eigenvalue weighted by Crippen LogP contribution is 2.39. The minimum Gasteiger partial charge on any atom is -0.506 e. The van der Waals surface area contributed by atoms with E-state index in [1.165, 1.54) is 12.5 Å². The lowest BCUT2D eigenvalue weighted by Gasteiger charge is -2.34. The number of anilines is 1. The molecular weight excluding hydrogens is 506 g/mol. The average molecular weight is 545 g/mol. The second kappa shape index (κ2) is 14.2. The predicted molar refractivity (Wildman–Crippen MR) is 145 cm³/mol. The Labute approximate surface area is 228 Å². The van der Waals surface area contributed by atoms with Crippen LogP contribution in [-0.2, 0) is 22.4 Å². The van der Waals surface area contributed by atoms with Crippen molar-refractivity contribution < 1.29 is 28.2 Å². The maximum atomic E-state index is 13.4. The number of hydrogen-bond acceptors (Lipinski definition) is 6. The summed E-state index contributed by atoms with van der Waals surface area (Å²) in [5, 5.41) is 19.4. The van der Waals surface area contributed by atoms with Crippen LogP contribution >= 0.6 is 0 Å². The molecule has 212 valence electrons. The summed E-state index contributed by atoms with van der Waals surface area (Å²) in [6.07, 6.45) is 7.13. The molecule has 1 aliphatic carbocycles. The standard InChI is InChI=1S/C29H38F2N4O4/c30-23-8-6-20(18-24(23)31)10-13-32-15-12-27(38)35(22-4-2-1-3-5-22)17-16-33-14-11-21-7-9-25(36)28-29(21)39-19-26(37)34-28/h6-9,18,22,32-33,36H,1-5,10-17,19H2,(H,34,37). The molecule has 0 spiro atoms. The molecule has 0 unspecified atom stereocenters. The second-order valence-corrected chi connectivity index (χ2v) is 10.2. The molecule has 1 heterocycles. The fourth-order valence-corrected chi connectivity index (χ4v) is 5.25. The Bertz CT molecular complexity index is 1140. The van der Waals surface area contributed by atoms with E-state index in [9.17, 15) is 23.5 Å². The van der Waals surface area contributed by atoms with Crippen molar-refractivity contribution in [2.24, 2.45) is 0 Å². The number of fused-ring (bicyclic) bond motifs is 1. The number of benzene rings is 2. The molecule has 0 saturated heterocycles. The predicted octanol–water partition coefficient (Wildman–Crippen LogP) is 3.52. The molecule has 4 N–H and O–H groups in total. The molecule has 2 aromatic carbocycles. The van der Waals surface area contributed by atoms with E-state index >= 15 is 0 Å². The first-order chi connectivity index (χ1) is 18.9. The minimum atomic E-state index is -0.849. The summed E-state index contributed by atoms with van der Waals surface area (Å²) < 4.78 is 32.0. The van der Waals surface area contributed by atoms with Crippen LogP contribution in [0.4, 0.5) is 14.5 Å². The van der Waals surface area contributed by atoms with Gasteiger partial charge in [-0.2, -0.15) is 0 Å². The molecule has 0 bridgehead atoms. The fourth-order valence-electron chi connectivity index (χ4n) is 5.25. The monoisotopic (exact) mass is 544 g/mol. The number of phenolic OH excluding ortho intramolecular Hbond substituents is 1. The number of nitrogens with zero attached hydrogens (tertiary/aromatic N) is 1.